The Labute approximate surface area is 157 Å². The largest absolute Gasteiger partial charge is 0.387 e. The summed E-state index contributed by atoms with van der Waals surface area (Å²) in [6.07, 6.45) is 0.835. The van der Waals surface area contributed by atoms with Gasteiger partial charge in [0.2, 0.25) is 0 Å². The zero-order chi connectivity index (χ0) is 18.6. The Hall–Kier alpha value is -3.75. The second kappa shape index (κ2) is 5.13. The average Bonchev–Trinajstić information content (AvgIpc) is 3.35. The van der Waals surface area contributed by atoms with E-state index in [1.165, 1.54) is 0 Å². The Morgan fingerprint density at radius 1 is 0.963 bits per heavy atom. The van der Waals surface area contributed by atoms with Crippen LogP contribution in [0, 0.1) is 39.4 Å². The average molecular weight is 349 g/mol. The molecule has 2 heterocycles. The standard InChI is InChI=1S/C22H15N5/c23-11-14-5-7-15(8-6-14)18-19-22(9-10-26-19)16-3-1-2-4-17(16)27-20(22)21(18,12-24)13-25/h1-8,20,26-27H,9-10H2/t20-,22+/m1/s1. The summed E-state index contributed by atoms with van der Waals surface area (Å²) < 4.78 is 0. The van der Waals surface area contributed by atoms with Crippen molar-refractivity contribution in [3.8, 4) is 18.2 Å². The van der Waals surface area contributed by atoms with Gasteiger partial charge in [0.15, 0.2) is 5.41 Å². The van der Waals surface area contributed by atoms with E-state index < -0.39 is 10.8 Å². The number of nitrogens with zero attached hydrogens (tertiary/aromatic N) is 3. The summed E-state index contributed by atoms with van der Waals surface area (Å²) in [6, 6.07) is 21.7. The van der Waals surface area contributed by atoms with Crippen molar-refractivity contribution in [2.24, 2.45) is 5.41 Å². The topological polar surface area (TPSA) is 95.4 Å². The van der Waals surface area contributed by atoms with Gasteiger partial charge in [-0.2, -0.15) is 15.8 Å². The number of benzene rings is 2. The molecule has 5 nitrogen and oxygen atoms in total. The Kier molecular flexibility index (Phi) is 2.95. The number of nitriles is 3. The molecule has 1 saturated heterocycles. The first-order valence-electron chi connectivity index (χ1n) is 8.89. The van der Waals surface area contributed by atoms with E-state index in [-0.39, 0.29) is 6.04 Å². The Balaban J connectivity index is 1.83. The van der Waals surface area contributed by atoms with Gasteiger partial charge < -0.3 is 10.6 Å². The van der Waals surface area contributed by atoms with E-state index in [2.05, 4.69) is 34.9 Å². The molecule has 2 aromatic rings. The quantitative estimate of drug-likeness (QED) is 0.825. The number of para-hydroxylation sites is 1. The lowest BCUT2D eigenvalue weighted by molar-refractivity contribution is 0.416. The summed E-state index contributed by atoms with van der Waals surface area (Å²) in [6.45, 7) is 0.800. The molecule has 0 unspecified atom stereocenters. The molecular weight excluding hydrogens is 334 g/mol. The SMILES string of the molecule is N#Cc1ccc(C2=C3NCC[C@]34c3ccccc3N[C@@H]4C2(C#N)C#N)cc1. The molecular formula is C22H15N5. The highest BCUT2D eigenvalue weighted by atomic mass is 15.1. The summed E-state index contributed by atoms with van der Waals surface area (Å²) in [7, 11) is 0. The number of hydrogen-bond donors (Lipinski definition) is 2. The lowest BCUT2D eigenvalue weighted by Crippen LogP contribution is -2.44. The molecule has 3 aliphatic rings. The zero-order valence-corrected chi connectivity index (χ0v) is 14.5. The molecule has 1 fully saturated rings. The maximum Gasteiger partial charge on any atom is 0.191 e. The monoisotopic (exact) mass is 349 g/mol. The van der Waals surface area contributed by atoms with E-state index in [1.807, 2.05) is 30.3 Å². The lowest BCUT2D eigenvalue weighted by atomic mass is 9.70. The van der Waals surface area contributed by atoms with Crippen molar-refractivity contribution in [2.45, 2.75) is 17.9 Å². The van der Waals surface area contributed by atoms with Gasteiger partial charge in [0, 0.05) is 23.5 Å². The van der Waals surface area contributed by atoms with Crippen LogP contribution >= 0.6 is 0 Å². The molecule has 0 saturated carbocycles. The maximum absolute atomic E-state index is 10.2. The van der Waals surface area contributed by atoms with Gasteiger partial charge in [-0.15, -0.1) is 0 Å². The van der Waals surface area contributed by atoms with Crippen molar-refractivity contribution >= 4 is 11.3 Å². The van der Waals surface area contributed by atoms with Crippen LogP contribution in [0.15, 0.2) is 54.2 Å². The van der Waals surface area contributed by atoms with E-state index in [4.69, 9.17) is 5.26 Å². The minimum Gasteiger partial charge on any atom is -0.387 e. The Morgan fingerprint density at radius 3 is 2.41 bits per heavy atom. The number of hydrogen-bond acceptors (Lipinski definition) is 5. The molecule has 27 heavy (non-hydrogen) atoms. The van der Waals surface area contributed by atoms with E-state index in [1.54, 1.807) is 12.1 Å². The van der Waals surface area contributed by atoms with Crippen molar-refractivity contribution in [1.29, 1.82) is 15.8 Å². The van der Waals surface area contributed by atoms with Crippen molar-refractivity contribution in [2.75, 3.05) is 11.9 Å². The molecule has 0 aromatic heterocycles. The molecule has 0 radical (unpaired) electrons. The predicted molar refractivity (Wildman–Crippen MR) is 99.9 cm³/mol. The molecule has 2 N–H and O–H groups in total. The molecule has 5 rings (SSSR count). The smallest absolute Gasteiger partial charge is 0.191 e. The summed E-state index contributed by atoms with van der Waals surface area (Å²) in [5, 5.41) is 36.5. The molecule has 5 heteroatoms. The molecule has 2 aromatic carbocycles. The summed E-state index contributed by atoms with van der Waals surface area (Å²) in [4.78, 5) is 0. The van der Waals surface area contributed by atoms with Crippen LogP contribution in [0.5, 0.6) is 0 Å². The molecule has 0 amide bonds. The molecule has 2 aliphatic heterocycles. The number of nitrogens with one attached hydrogen (secondary N) is 2. The minimum atomic E-state index is -1.31. The van der Waals surface area contributed by atoms with Crippen LogP contribution in [-0.4, -0.2) is 12.6 Å². The highest BCUT2D eigenvalue weighted by Gasteiger charge is 2.68. The Bertz CT molecular complexity index is 1110. The minimum absolute atomic E-state index is 0.340. The molecule has 128 valence electrons. The van der Waals surface area contributed by atoms with Gasteiger partial charge in [-0.3, -0.25) is 0 Å². The summed E-state index contributed by atoms with van der Waals surface area (Å²) in [5.41, 5.74) is 3.51. The van der Waals surface area contributed by atoms with Crippen LogP contribution in [0.4, 0.5) is 5.69 Å². The number of fused-ring (bicyclic) bond motifs is 1. The number of rotatable bonds is 1. The Morgan fingerprint density at radius 2 is 1.70 bits per heavy atom. The third-order valence-corrected chi connectivity index (χ3v) is 6.20. The maximum atomic E-state index is 10.2. The fraction of sp³-hybridized carbons (Fsp3) is 0.227. The van der Waals surface area contributed by atoms with Crippen LogP contribution in [-0.2, 0) is 5.41 Å². The molecule has 0 bridgehead atoms. The van der Waals surface area contributed by atoms with Gasteiger partial charge in [-0.05, 0) is 35.7 Å². The van der Waals surface area contributed by atoms with Gasteiger partial charge in [0.1, 0.15) is 0 Å². The van der Waals surface area contributed by atoms with Crippen molar-refractivity contribution < 1.29 is 0 Å². The van der Waals surface area contributed by atoms with Crippen molar-refractivity contribution in [3.63, 3.8) is 0 Å². The van der Waals surface area contributed by atoms with Crippen LogP contribution < -0.4 is 10.6 Å². The normalized spacial score (nSPS) is 25.9. The van der Waals surface area contributed by atoms with E-state index in [0.29, 0.717) is 5.56 Å². The van der Waals surface area contributed by atoms with Gasteiger partial charge in [0.25, 0.3) is 0 Å². The summed E-state index contributed by atoms with van der Waals surface area (Å²) in [5.74, 6) is 0. The third-order valence-electron chi connectivity index (χ3n) is 6.20. The summed E-state index contributed by atoms with van der Waals surface area (Å²) >= 11 is 0. The molecule has 1 spiro atoms. The molecule has 1 aliphatic carbocycles. The third kappa shape index (κ3) is 1.65. The fourth-order valence-electron chi connectivity index (χ4n) is 5.14. The van der Waals surface area contributed by atoms with E-state index >= 15 is 0 Å². The second-order valence-corrected chi connectivity index (χ2v) is 7.24. The van der Waals surface area contributed by atoms with E-state index in [9.17, 15) is 10.5 Å². The van der Waals surface area contributed by atoms with Crippen molar-refractivity contribution in [3.05, 3.63) is 70.9 Å². The van der Waals surface area contributed by atoms with E-state index in [0.717, 1.165) is 41.1 Å². The van der Waals surface area contributed by atoms with Gasteiger partial charge >= 0.3 is 0 Å². The first-order chi connectivity index (χ1) is 13.2. The second-order valence-electron chi connectivity index (χ2n) is 7.24. The van der Waals surface area contributed by atoms with Crippen LogP contribution in [0.3, 0.4) is 0 Å². The van der Waals surface area contributed by atoms with Gasteiger partial charge in [0.05, 0.1) is 35.2 Å². The van der Waals surface area contributed by atoms with Crippen LogP contribution in [0.2, 0.25) is 0 Å². The van der Waals surface area contributed by atoms with Crippen LogP contribution in [0.1, 0.15) is 23.1 Å². The fourth-order valence-corrected chi connectivity index (χ4v) is 5.14. The predicted octanol–water partition coefficient (Wildman–Crippen LogP) is 3.04. The highest BCUT2D eigenvalue weighted by molar-refractivity contribution is 5.89. The number of anilines is 1. The molecule has 2 atom stereocenters. The first-order valence-corrected chi connectivity index (χ1v) is 8.89. The first kappa shape index (κ1) is 15.5. The van der Waals surface area contributed by atoms with Gasteiger partial charge in [-0.1, -0.05) is 30.3 Å². The highest BCUT2D eigenvalue weighted by Crippen LogP contribution is 2.64. The van der Waals surface area contributed by atoms with Crippen molar-refractivity contribution in [1.82, 2.24) is 5.32 Å². The zero-order valence-electron chi connectivity index (χ0n) is 14.5. The van der Waals surface area contributed by atoms with Crippen LogP contribution in [0.25, 0.3) is 5.57 Å². The van der Waals surface area contributed by atoms with Gasteiger partial charge in [-0.25, -0.2) is 0 Å². The lowest BCUT2D eigenvalue weighted by Gasteiger charge is -2.31.